The molecule has 0 aliphatic carbocycles. The predicted octanol–water partition coefficient (Wildman–Crippen LogP) is 1.62. The molecule has 0 spiro atoms. The summed E-state index contributed by atoms with van der Waals surface area (Å²) >= 11 is 0. The van der Waals surface area contributed by atoms with E-state index < -0.39 is 30.7 Å². The average molecular weight is 305 g/mol. The van der Waals surface area contributed by atoms with E-state index in [9.17, 15) is 23.1 Å². The van der Waals surface area contributed by atoms with Crippen LogP contribution < -0.4 is 5.32 Å². The van der Waals surface area contributed by atoms with E-state index in [0.29, 0.717) is 6.54 Å². The Morgan fingerprint density at radius 3 is 2.52 bits per heavy atom. The van der Waals surface area contributed by atoms with Crippen LogP contribution in [0.3, 0.4) is 0 Å². The fraction of sp³-hybridized carbons (Fsp3) is 0.615. The Kier molecular flexibility index (Phi) is 4.18. The lowest BCUT2D eigenvalue weighted by Gasteiger charge is -2.39. The second-order valence-corrected chi connectivity index (χ2v) is 5.29. The van der Waals surface area contributed by atoms with Gasteiger partial charge in [0.1, 0.15) is 0 Å². The highest BCUT2D eigenvalue weighted by molar-refractivity contribution is 5.74. The van der Waals surface area contributed by atoms with Gasteiger partial charge in [-0.15, -0.1) is 0 Å². The molecular formula is C13H18F3N3O2. The number of rotatable bonds is 2. The van der Waals surface area contributed by atoms with Gasteiger partial charge in [-0.05, 0) is 12.1 Å². The zero-order chi connectivity index (χ0) is 15.7. The largest absolute Gasteiger partial charge is 0.417 e. The van der Waals surface area contributed by atoms with E-state index in [1.807, 2.05) is 29.9 Å². The number of likely N-dealkylation sites (tertiary alicyclic amines) is 1. The first kappa shape index (κ1) is 15.7. The first-order valence-electron chi connectivity index (χ1n) is 6.65. The van der Waals surface area contributed by atoms with Gasteiger partial charge >= 0.3 is 12.2 Å². The highest BCUT2D eigenvalue weighted by atomic mass is 19.4. The minimum Gasteiger partial charge on any atom is -0.380 e. The van der Waals surface area contributed by atoms with Crippen LogP contribution in [0.2, 0.25) is 0 Å². The minimum atomic E-state index is -4.65. The number of alkyl halides is 3. The molecule has 21 heavy (non-hydrogen) atoms. The van der Waals surface area contributed by atoms with E-state index in [2.05, 4.69) is 5.32 Å². The molecule has 0 bridgehead atoms. The first-order chi connectivity index (χ1) is 9.73. The number of halogens is 3. The molecular weight excluding hydrogens is 287 g/mol. The van der Waals surface area contributed by atoms with Gasteiger partial charge in [0.05, 0.1) is 6.54 Å². The summed E-state index contributed by atoms with van der Waals surface area (Å²) in [5.41, 5.74) is -1.78. The van der Waals surface area contributed by atoms with Gasteiger partial charge in [-0.1, -0.05) is 0 Å². The Morgan fingerprint density at radius 1 is 1.43 bits per heavy atom. The molecule has 5 nitrogen and oxygen atoms in total. The summed E-state index contributed by atoms with van der Waals surface area (Å²) in [6, 6.07) is 3.27. The third-order valence-corrected chi connectivity index (χ3v) is 3.88. The highest BCUT2D eigenvalue weighted by Gasteiger charge is 2.54. The minimum absolute atomic E-state index is 0.116. The van der Waals surface area contributed by atoms with Gasteiger partial charge < -0.3 is 19.9 Å². The number of hydrogen-bond acceptors (Lipinski definition) is 2. The summed E-state index contributed by atoms with van der Waals surface area (Å²) in [5.74, 6) is 0. The van der Waals surface area contributed by atoms with E-state index in [0.717, 1.165) is 5.69 Å². The molecule has 1 aliphatic heterocycles. The smallest absolute Gasteiger partial charge is 0.380 e. The number of aromatic nitrogens is 1. The summed E-state index contributed by atoms with van der Waals surface area (Å²) in [7, 11) is 1.84. The lowest BCUT2D eigenvalue weighted by atomic mass is 9.91. The van der Waals surface area contributed by atoms with Crippen LogP contribution in [0.15, 0.2) is 18.3 Å². The van der Waals surface area contributed by atoms with Gasteiger partial charge in [-0.3, -0.25) is 0 Å². The maximum atomic E-state index is 12.7. The maximum absolute atomic E-state index is 12.7. The fourth-order valence-corrected chi connectivity index (χ4v) is 2.32. The Balaban J connectivity index is 1.85. The van der Waals surface area contributed by atoms with E-state index in [1.54, 1.807) is 0 Å². The molecule has 118 valence electrons. The van der Waals surface area contributed by atoms with Crippen LogP contribution in [0.25, 0.3) is 0 Å². The number of carbonyl (C=O) groups is 1. The lowest BCUT2D eigenvalue weighted by Crippen LogP contribution is -2.55. The molecule has 1 aromatic rings. The molecule has 1 saturated heterocycles. The van der Waals surface area contributed by atoms with E-state index in [1.165, 1.54) is 4.90 Å². The third-order valence-electron chi connectivity index (χ3n) is 3.88. The van der Waals surface area contributed by atoms with E-state index >= 15 is 0 Å². The van der Waals surface area contributed by atoms with Crippen LogP contribution in [-0.2, 0) is 13.6 Å². The molecule has 0 radical (unpaired) electrons. The quantitative estimate of drug-likeness (QED) is 0.872. The number of urea groups is 1. The number of amides is 2. The van der Waals surface area contributed by atoms with Gasteiger partial charge in [0, 0.05) is 44.9 Å². The molecule has 2 N–H and O–H groups in total. The number of aliphatic hydroxyl groups is 1. The summed E-state index contributed by atoms with van der Waals surface area (Å²) in [6.45, 7) is 0.0757. The Hall–Kier alpha value is -1.70. The predicted molar refractivity (Wildman–Crippen MR) is 69.5 cm³/mol. The van der Waals surface area contributed by atoms with Crippen molar-refractivity contribution in [3.05, 3.63) is 24.0 Å². The second kappa shape index (κ2) is 5.59. The summed E-state index contributed by atoms with van der Waals surface area (Å²) in [5, 5.41) is 12.2. The molecule has 1 aliphatic rings. The number of nitrogens with one attached hydrogen (secondary N) is 1. The normalized spacial score (nSPS) is 18.6. The van der Waals surface area contributed by atoms with Crippen molar-refractivity contribution in [1.82, 2.24) is 14.8 Å². The summed E-state index contributed by atoms with van der Waals surface area (Å²) < 4.78 is 39.8. The maximum Gasteiger partial charge on any atom is 0.417 e. The molecule has 0 saturated carbocycles. The van der Waals surface area contributed by atoms with E-state index in [4.69, 9.17) is 0 Å². The van der Waals surface area contributed by atoms with Crippen molar-refractivity contribution in [3.63, 3.8) is 0 Å². The van der Waals surface area contributed by atoms with E-state index in [-0.39, 0.29) is 13.1 Å². The Labute approximate surface area is 120 Å². The molecule has 0 aromatic carbocycles. The van der Waals surface area contributed by atoms with Crippen LogP contribution >= 0.6 is 0 Å². The number of hydrogen-bond donors (Lipinski definition) is 2. The van der Waals surface area contributed by atoms with Gasteiger partial charge in [0.2, 0.25) is 0 Å². The molecule has 2 heterocycles. The summed E-state index contributed by atoms with van der Waals surface area (Å²) in [4.78, 5) is 13.2. The van der Waals surface area contributed by atoms with Crippen molar-refractivity contribution in [2.24, 2.45) is 7.05 Å². The first-order valence-corrected chi connectivity index (χ1v) is 6.65. The zero-order valence-electron chi connectivity index (χ0n) is 11.7. The second-order valence-electron chi connectivity index (χ2n) is 5.29. The van der Waals surface area contributed by atoms with Crippen LogP contribution in [0.4, 0.5) is 18.0 Å². The molecule has 1 fully saturated rings. The van der Waals surface area contributed by atoms with Gasteiger partial charge in [0.25, 0.3) is 0 Å². The van der Waals surface area contributed by atoms with Crippen LogP contribution in [0, 0.1) is 0 Å². The Morgan fingerprint density at radius 2 is 2.05 bits per heavy atom. The van der Waals surface area contributed by atoms with Crippen molar-refractivity contribution >= 4 is 6.03 Å². The number of carbonyl (C=O) groups excluding carboxylic acids is 1. The third kappa shape index (κ3) is 3.31. The lowest BCUT2D eigenvalue weighted by molar-refractivity contribution is -0.271. The van der Waals surface area contributed by atoms with Gasteiger partial charge in [-0.2, -0.15) is 13.2 Å². The monoisotopic (exact) mass is 305 g/mol. The van der Waals surface area contributed by atoms with Crippen LogP contribution in [-0.4, -0.2) is 45.5 Å². The van der Waals surface area contributed by atoms with Crippen LogP contribution in [0.1, 0.15) is 18.5 Å². The standard InChI is InChI=1S/C13H18F3N3O2/c1-18-6-2-3-10(18)9-17-11(20)19-7-4-12(21,5-8-19)13(14,15)16/h2-3,6,21H,4-5,7-9H2,1H3,(H,17,20). The topological polar surface area (TPSA) is 57.5 Å². The van der Waals surface area contributed by atoms with Crippen molar-refractivity contribution in [1.29, 1.82) is 0 Å². The Bertz CT molecular complexity index is 505. The molecule has 1 aromatic heterocycles. The summed E-state index contributed by atoms with van der Waals surface area (Å²) in [6.07, 6.45) is -3.80. The molecule has 0 atom stereocenters. The fourth-order valence-electron chi connectivity index (χ4n) is 2.32. The molecule has 0 unspecified atom stereocenters. The molecule has 2 amide bonds. The average Bonchev–Trinajstić information content (AvgIpc) is 2.81. The molecule has 2 rings (SSSR count). The van der Waals surface area contributed by atoms with Crippen molar-refractivity contribution in [2.75, 3.05) is 13.1 Å². The van der Waals surface area contributed by atoms with Crippen molar-refractivity contribution < 1.29 is 23.1 Å². The van der Waals surface area contributed by atoms with Crippen molar-refractivity contribution in [2.45, 2.75) is 31.2 Å². The SMILES string of the molecule is Cn1cccc1CNC(=O)N1CCC(O)(C(F)(F)F)CC1. The number of piperidine rings is 1. The highest BCUT2D eigenvalue weighted by Crippen LogP contribution is 2.38. The molecule has 8 heteroatoms. The number of nitrogens with zero attached hydrogens (tertiary/aromatic N) is 2. The van der Waals surface area contributed by atoms with Gasteiger partial charge in [0.15, 0.2) is 5.60 Å². The zero-order valence-corrected chi connectivity index (χ0v) is 11.7. The van der Waals surface area contributed by atoms with Crippen molar-refractivity contribution in [3.8, 4) is 0 Å². The van der Waals surface area contributed by atoms with Gasteiger partial charge in [-0.25, -0.2) is 4.79 Å². The van der Waals surface area contributed by atoms with Crippen LogP contribution in [0.5, 0.6) is 0 Å². The number of aryl methyl sites for hydroxylation is 1.